The number of halogens is 1. The van der Waals surface area contributed by atoms with Gasteiger partial charge in [0.1, 0.15) is 17.9 Å². The van der Waals surface area contributed by atoms with Gasteiger partial charge in [-0.3, -0.25) is 4.40 Å². The molecule has 8 heteroatoms. The number of imidazole rings is 1. The Morgan fingerprint density at radius 2 is 1.76 bits per heavy atom. The number of aromatic hydroxyl groups is 1. The third kappa shape index (κ3) is 4.94. The van der Waals surface area contributed by atoms with E-state index in [-0.39, 0.29) is 12.4 Å². The van der Waals surface area contributed by atoms with E-state index in [1.54, 1.807) is 31.5 Å². The van der Waals surface area contributed by atoms with Crippen LogP contribution < -0.4 is 14.2 Å². The predicted molar refractivity (Wildman–Crippen MR) is 145 cm³/mol. The van der Waals surface area contributed by atoms with Crippen LogP contribution in [0, 0.1) is 0 Å². The Morgan fingerprint density at radius 3 is 2.57 bits per heavy atom. The maximum absolute atomic E-state index is 10.1. The van der Waals surface area contributed by atoms with Crippen molar-refractivity contribution in [3.63, 3.8) is 0 Å². The SMILES string of the molecule is COc1cc(-c2nc3ccccn3c2N=Cc2cccc(OC)c2OCc2ccccc2Cl)ccc1O. The standard InChI is InChI=1S/C29H24ClN3O4/c1-35-24-11-7-9-20(28(24)37-18-21-8-3-4-10-22(21)30)17-31-29-27(32-26-12-5-6-15-33(26)29)19-13-14-23(34)25(16-19)36-2/h3-17,34H,18H2,1-2H3. The molecule has 7 nitrogen and oxygen atoms in total. The Labute approximate surface area is 219 Å². The first kappa shape index (κ1) is 24.2. The van der Waals surface area contributed by atoms with E-state index in [0.29, 0.717) is 33.8 Å². The fourth-order valence-electron chi connectivity index (χ4n) is 3.97. The fourth-order valence-corrected chi connectivity index (χ4v) is 4.16. The molecule has 0 saturated heterocycles. The first-order valence-corrected chi connectivity index (χ1v) is 11.9. The average Bonchev–Trinajstić information content (AvgIpc) is 3.30. The minimum Gasteiger partial charge on any atom is -0.504 e. The number of hydrogen-bond donors (Lipinski definition) is 1. The van der Waals surface area contributed by atoms with Gasteiger partial charge in [0, 0.05) is 34.1 Å². The number of phenols is 1. The van der Waals surface area contributed by atoms with E-state index in [0.717, 1.165) is 22.3 Å². The van der Waals surface area contributed by atoms with Crippen molar-refractivity contribution in [3.8, 4) is 34.3 Å². The number of pyridine rings is 1. The lowest BCUT2D eigenvalue weighted by atomic mass is 10.1. The van der Waals surface area contributed by atoms with Crippen LogP contribution in [0.4, 0.5) is 5.82 Å². The molecule has 0 atom stereocenters. The second-order valence-corrected chi connectivity index (χ2v) is 8.52. The van der Waals surface area contributed by atoms with Crippen LogP contribution in [0.1, 0.15) is 11.1 Å². The Bertz CT molecular complexity index is 1600. The van der Waals surface area contributed by atoms with Crippen molar-refractivity contribution in [1.29, 1.82) is 0 Å². The monoisotopic (exact) mass is 513 g/mol. The molecule has 0 aliphatic carbocycles. The summed E-state index contributed by atoms with van der Waals surface area (Å²) in [7, 11) is 3.11. The highest BCUT2D eigenvalue weighted by molar-refractivity contribution is 6.31. The van der Waals surface area contributed by atoms with Crippen molar-refractivity contribution in [2.45, 2.75) is 6.61 Å². The quantitative estimate of drug-likeness (QED) is 0.233. The van der Waals surface area contributed by atoms with Crippen LogP contribution in [-0.4, -0.2) is 34.9 Å². The number of fused-ring (bicyclic) bond motifs is 1. The van der Waals surface area contributed by atoms with Gasteiger partial charge in [0.05, 0.1) is 14.2 Å². The maximum Gasteiger partial charge on any atom is 0.170 e. The fraction of sp³-hybridized carbons (Fsp3) is 0.103. The number of methoxy groups -OCH3 is 2. The number of para-hydroxylation sites is 1. The Kier molecular flexibility index (Phi) is 6.96. The van der Waals surface area contributed by atoms with Gasteiger partial charge in [-0.15, -0.1) is 0 Å². The largest absolute Gasteiger partial charge is 0.504 e. The van der Waals surface area contributed by atoms with Crippen molar-refractivity contribution in [2.75, 3.05) is 14.2 Å². The van der Waals surface area contributed by atoms with Crippen LogP contribution in [0.5, 0.6) is 23.0 Å². The summed E-state index contributed by atoms with van der Waals surface area (Å²) in [6.45, 7) is 0.273. The minimum atomic E-state index is 0.0526. The summed E-state index contributed by atoms with van der Waals surface area (Å²) in [5.74, 6) is 2.15. The lowest BCUT2D eigenvalue weighted by molar-refractivity contribution is 0.284. The van der Waals surface area contributed by atoms with E-state index in [1.807, 2.05) is 71.3 Å². The molecule has 0 radical (unpaired) electrons. The molecule has 0 saturated carbocycles. The molecular weight excluding hydrogens is 490 g/mol. The number of aliphatic imine (C=N–C) groups is 1. The summed E-state index contributed by atoms with van der Waals surface area (Å²) in [6.07, 6.45) is 3.62. The zero-order valence-electron chi connectivity index (χ0n) is 20.3. The van der Waals surface area contributed by atoms with Crippen LogP contribution in [-0.2, 0) is 6.61 Å². The first-order chi connectivity index (χ1) is 18.1. The van der Waals surface area contributed by atoms with Gasteiger partial charge in [-0.25, -0.2) is 9.98 Å². The molecule has 186 valence electrons. The van der Waals surface area contributed by atoms with Gasteiger partial charge >= 0.3 is 0 Å². The molecule has 5 rings (SSSR count). The number of phenolic OH excluding ortho intramolecular Hbond substituents is 1. The van der Waals surface area contributed by atoms with E-state index >= 15 is 0 Å². The second kappa shape index (κ2) is 10.6. The van der Waals surface area contributed by atoms with E-state index in [9.17, 15) is 5.11 Å². The number of rotatable bonds is 8. The van der Waals surface area contributed by atoms with Crippen molar-refractivity contribution in [2.24, 2.45) is 4.99 Å². The third-order valence-corrected chi connectivity index (χ3v) is 6.21. The van der Waals surface area contributed by atoms with Crippen LogP contribution in [0.15, 0.2) is 90.1 Å². The summed E-state index contributed by atoms with van der Waals surface area (Å²) in [5, 5.41) is 10.7. The minimum absolute atomic E-state index is 0.0526. The molecule has 3 aromatic carbocycles. The molecule has 0 aliphatic heterocycles. The Morgan fingerprint density at radius 1 is 0.946 bits per heavy atom. The summed E-state index contributed by atoms with van der Waals surface area (Å²) >= 11 is 6.32. The Hall–Kier alpha value is -4.49. The summed E-state index contributed by atoms with van der Waals surface area (Å²) < 4.78 is 18.9. The van der Waals surface area contributed by atoms with E-state index in [1.165, 1.54) is 7.11 Å². The summed E-state index contributed by atoms with van der Waals surface area (Å²) in [6, 6.07) is 24.0. The number of hydrogen-bond acceptors (Lipinski definition) is 6. The smallest absolute Gasteiger partial charge is 0.170 e. The lowest BCUT2D eigenvalue weighted by Crippen LogP contribution is -2.01. The summed E-state index contributed by atoms with van der Waals surface area (Å²) in [5.41, 5.74) is 3.72. The highest BCUT2D eigenvalue weighted by atomic mass is 35.5. The first-order valence-electron chi connectivity index (χ1n) is 11.5. The number of ether oxygens (including phenoxy) is 3. The van der Waals surface area contributed by atoms with Gasteiger partial charge < -0.3 is 19.3 Å². The van der Waals surface area contributed by atoms with Gasteiger partial charge in [0.25, 0.3) is 0 Å². The molecule has 1 N–H and O–H groups in total. The average molecular weight is 514 g/mol. The molecule has 0 fully saturated rings. The van der Waals surface area contributed by atoms with Crippen molar-refractivity contribution in [1.82, 2.24) is 9.38 Å². The number of aromatic nitrogens is 2. The molecule has 0 bridgehead atoms. The molecule has 0 aliphatic rings. The molecule has 0 amide bonds. The molecule has 2 heterocycles. The zero-order valence-corrected chi connectivity index (χ0v) is 21.0. The number of nitrogens with zero attached hydrogens (tertiary/aromatic N) is 3. The molecule has 2 aromatic heterocycles. The highest BCUT2D eigenvalue weighted by Crippen LogP contribution is 2.37. The lowest BCUT2D eigenvalue weighted by Gasteiger charge is -2.14. The topological polar surface area (TPSA) is 77.6 Å². The molecule has 0 unspecified atom stereocenters. The highest BCUT2D eigenvalue weighted by Gasteiger charge is 2.16. The van der Waals surface area contributed by atoms with Crippen LogP contribution >= 0.6 is 11.6 Å². The molecular formula is C29H24ClN3O4. The van der Waals surface area contributed by atoms with Gasteiger partial charge in [-0.2, -0.15) is 0 Å². The van der Waals surface area contributed by atoms with Crippen molar-refractivity contribution < 1.29 is 19.3 Å². The third-order valence-electron chi connectivity index (χ3n) is 5.84. The predicted octanol–water partition coefficient (Wildman–Crippen LogP) is 6.71. The van der Waals surface area contributed by atoms with Crippen LogP contribution in [0.2, 0.25) is 5.02 Å². The second-order valence-electron chi connectivity index (χ2n) is 8.12. The van der Waals surface area contributed by atoms with Gasteiger partial charge in [-0.1, -0.05) is 41.9 Å². The van der Waals surface area contributed by atoms with Gasteiger partial charge in [-0.05, 0) is 48.5 Å². The maximum atomic E-state index is 10.1. The normalized spacial score (nSPS) is 11.2. The molecule has 37 heavy (non-hydrogen) atoms. The molecule has 5 aromatic rings. The van der Waals surface area contributed by atoms with Crippen LogP contribution in [0.3, 0.4) is 0 Å². The Balaban J connectivity index is 1.56. The van der Waals surface area contributed by atoms with Gasteiger partial charge in [0.2, 0.25) is 0 Å². The van der Waals surface area contributed by atoms with Crippen molar-refractivity contribution >= 4 is 29.3 Å². The van der Waals surface area contributed by atoms with E-state index in [4.69, 9.17) is 35.8 Å². The van der Waals surface area contributed by atoms with Crippen LogP contribution in [0.25, 0.3) is 16.9 Å². The van der Waals surface area contributed by atoms with E-state index < -0.39 is 0 Å². The van der Waals surface area contributed by atoms with Crippen molar-refractivity contribution in [3.05, 3.63) is 101 Å². The van der Waals surface area contributed by atoms with Gasteiger partial charge in [0.15, 0.2) is 28.8 Å². The summed E-state index contributed by atoms with van der Waals surface area (Å²) in [4.78, 5) is 9.62. The van der Waals surface area contributed by atoms with E-state index in [2.05, 4.69) is 0 Å². The zero-order chi connectivity index (χ0) is 25.8. The molecule has 0 spiro atoms. The number of benzene rings is 3.